The molecule has 0 radical (unpaired) electrons. The van der Waals surface area contributed by atoms with Crippen molar-refractivity contribution in [2.75, 3.05) is 27.4 Å². The minimum atomic E-state index is -0.487. The first-order chi connectivity index (χ1) is 11.6. The van der Waals surface area contributed by atoms with Crippen molar-refractivity contribution in [3.05, 3.63) is 23.8 Å². The summed E-state index contributed by atoms with van der Waals surface area (Å²) in [5, 5.41) is 13.6. The molecule has 3 unspecified atom stereocenters. The van der Waals surface area contributed by atoms with Gasteiger partial charge in [0.1, 0.15) is 0 Å². The van der Waals surface area contributed by atoms with Gasteiger partial charge < -0.3 is 24.6 Å². The molecule has 1 aromatic carbocycles. The number of rotatable bonds is 9. The van der Waals surface area contributed by atoms with Crippen molar-refractivity contribution < 1.29 is 19.3 Å². The topological polar surface area (TPSA) is 60.0 Å². The van der Waals surface area contributed by atoms with Crippen molar-refractivity contribution in [2.24, 2.45) is 5.92 Å². The van der Waals surface area contributed by atoms with Crippen LogP contribution in [0.25, 0.3) is 0 Å². The Balaban J connectivity index is 1.69. The molecule has 5 heteroatoms. The second-order valence-corrected chi connectivity index (χ2v) is 6.63. The first-order valence-corrected chi connectivity index (χ1v) is 8.84. The highest BCUT2D eigenvalue weighted by Crippen LogP contribution is 2.27. The van der Waals surface area contributed by atoms with Crippen LogP contribution in [0.15, 0.2) is 18.2 Å². The van der Waals surface area contributed by atoms with Gasteiger partial charge in [-0.3, -0.25) is 0 Å². The third-order valence-electron chi connectivity index (χ3n) is 4.75. The van der Waals surface area contributed by atoms with E-state index in [1.54, 1.807) is 14.2 Å². The van der Waals surface area contributed by atoms with E-state index in [1.807, 2.05) is 18.2 Å². The summed E-state index contributed by atoms with van der Waals surface area (Å²) in [6, 6.07) is 6.22. The van der Waals surface area contributed by atoms with Crippen LogP contribution in [0.5, 0.6) is 11.5 Å². The predicted molar refractivity (Wildman–Crippen MR) is 94.6 cm³/mol. The fourth-order valence-electron chi connectivity index (χ4n) is 3.25. The Hall–Kier alpha value is -1.30. The summed E-state index contributed by atoms with van der Waals surface area (Å²) < 4.78 is 16.1. The Bertz CT molecular complexity index is 494. The smallest absolute Gasteiger partial charge is 0.161 e. The summed E-state index contributed by atoms with van der Waals surface area (Å²) in [5.41, 5.74) is 0.994. The molecule has 1 aliphatic carbocycles. The largest absolute Gasteiger partial charge is 0.493 e. The van der Waals surface area contributed by atoms with Gasteiger partial charge in [0.2, 0.25) is 0 Å². The molecule has 5 nitrogen and oxygen atoms in total. The van der Waals surface area contributed by atoms with Crippen molar-refractivity contribution in [3.63, 3.8) is 0 Å². The van der Waals surface area contributed by atoms with Crippen molar-refractivity contribution in [1.82, 2.24) is 5.32 Å². The fraction of sp³-hybridized carbons (Fsp3) is 0.684. The predicted octanol–water partition coefficient (Wildman–Crippen LogP) is 2.75. The van der Waals surface area contributed by atoms with Gasteiger partial charge in [-0.05, 0) is 36.5 Å². The minimum absolute atomic E-state index is 0.322. The lowest BCUT2D eigenvalue weighted by molar-refractivity contribution is 0.0259. The number of ether oxygens (including phenoxy) is 3. The summed E-state index contributed by atoms with van der Waals surface area (Å²) in [5.74, 6) is 2.08. The van der Waals surface area contributed by atoms with Gasteiger partial charge in [0, 0.05) is 12.6 Å². The zero-order valence-electron chi connectivity index (χ0n) is 15.1. The Labute approximate surface area is 145 Å². The van der Waals surface area contributed by atoms with E-state index < -0.39 is 6.10 Å². The van der Waals surface area contributed by atoms with Crippen LogP contribution in [0.4, 0.5) is 0 Å². The highest BCUT2D eigenvalue weighted by Gasteiger charge is 2.21. The van der Waals surface area contributed by atoms with Crippen molar-refractivity contribution in [3.8, 4) is 11.5 Å². The molecular formula is C19H31NO4. The summed E-state index contributed by atoms with van der Waals surface area (Å²) in [7, 11) is 3.23. The molecule has 0 bridgehead atoms. The van der Waals surface area contributed by atoms with Gasteiger partial charge in [0.15, 0.2) is 11.5 Å². The van der Waals surface area contributed by atoms with Crippen LogP contribution in [-0.4, -0.2) is 44.6 Å². The quantitative estimate of drug-likeness (QED) is 0.725. The van der Waals surface area contributed by atoms with Crippen LogP contribution in [0.2, 0.25) is 0 Å². The number of aliphatic hydroxyl groups excluding tert-OH is 1. The average Bonchev–Trinajstić information content (AvgIpc) is 2.61. The molecule has 1 aliphatic rings. The van der Waals surface area contributed by atoms with Crippen molar-refractivity contribution >= 4 is 0 Å². The summed E-state index contributed by atoms with van der Waals surface area (Å²) in [4.78, 5) is 0. The van der Waals surface area contributed by atoms with E-state index >= 15 is 0 Å². The first kappa shape index (κ1) is 19.0. The summed E-state index contributed by atoms with van der Waals surface area (Å²) >= 11 is 0. The molecule has 0 aliphatic heterocycles. The maximum Gasteiger partial charge on any atom is 0.161 e. The third kappa shape index (κ3) is 5.65. The number of hydrogen-bond donors (Lipinski definition) is 2. The summed E-state index contributed by atoms with van der Waals surface area (Å²) in [6.07, 6.45) is 4.62. The molecule has 24 heavy (non-hydrogen) atoms. The lowest BCUT2D eigenvalue weighted by Crippen LogP contribution is -2.42. The highest BCUT2D eigenvalue weighted by atomic mass is 16.5. The standard InChI is InChI=1S/C19H31NO4/c1-14-6-4-5-7-17(14)20-11-16(21)13-24-12-15-8-9-18(22-2)19(10-15)23-3/h8-10,14,16-17,20-21H,4-7,11-13H2,1-3H3. The molecule has 1 fully saturated rings. The molecule has 3 atom stereocenters. The lowest BCUT2D eigenvalue weighted by Gasteiger charge is -2.30. The first-order valence-electron chi connectivity index (χ1n) is 8.84. The Morgan fingerprint density at radius 1 is 1.17 bits per heavy atom. The van der Waals surface area contributed by atoms with Gasteiger partial charge in [0.05, 0.1) is 33.5 Å². The molecule has 2 rings (SSSR count). The van der Waals surface area contributed by atoms with E-state index in [1.165, 1.54) is 25.7 Å². The van der Waals surface area contributed by atoms with Gasteiger partial charge in [-0.15, -0.1) is 0 Å². The van der Waals surface area contributed by atoms with E-state index in [0.29, 0.717) is 43.2 Å². The SMILES string of the molecule is COc1ccc(COCC(O)CNC2CCCCC2C)cc1OC. The summed E-state index contributed by atoms with van der Waals surface area (Å²) in [6.45, 7) is 3.64. The number of aliphatic hydroxyl groups is 1. The monoisotopic (exact) mass is 337 g/mol. The Kier molecular flexibility index (Phi) is 7.82. The Morgan fingerprint density at radius 3 is 2.62 bits per heavy atom. The van der Waals surface area contributed by atoms with Gasteiger partial charge in [-0.1, -0.05) is 25.8 Å². The minimum Gasteiger partial charge on any atom is -0.493 e. The second kappa shape index (κ2) is 9.87. The molecule has 1 saturated carbocycles. The van der Waals surface area contributed by atoms with E-state index in [9.17, 15) is 5.11 Å². The number of nitrogens with one attached hydrogen (secondary N) is 1. The molecule has 0 aromatic heterocycles. The van der Waals surface area contributed by atoms with Gasteiger partial charge >= 0.3 is 0 Å². The third-order valence-corrected chi connectivity index (χ3v) is 4.75. The second-order valence-electron chi connectivity index (χ2n) is 6.63. The Morgan fingerprint density at radius 2 is 1.92 bits per heavy atom. The fourth-order valence-corrected chi connectivity index (χ4v) is 3.25. The van der Waals surface area contributed by atoms with E-state index in [0.717, 1.165) is 5.56 Å². The molecule has 1 aromatic rings. The normalized spacial score (nSPS) is 22.2. The van der Waals surface area contributed by atoms with Crippen LogP contribution in [-0.2, 0) is 11.3 Å². The van der Waals surface area contributed by atoms with Crippen LogP contribution >= 0.6 is 0 Å². The number of methoxy groups -OCH3 is 2. The van der Waals surface area contributed by atoms with Gasteiger partial charge in [-0.2, -0.15) is 0 Å². The van der Waals surface area contributed by atoms with E-state index in [2.05, 4.69) is 12.2 Å². The lowest BCUT2D eigenvalue weighted by atomic mass is 9.86. The molecule has 0 saturated heterocycles. The molecule has 136 valence electrons. The number of benzene rings is 1. The van der Waals surface area contributed by atoms with Gasteiger partial charge in [-0.25, -0.2) is 0 Å². The zero-order chi connectivity index (χ0) is 17.4. The van der Waals surface area contributed by atoms with E-state index in [-0.39, 0.29) is 0 Å². The average molecular weight is 337 g/mol. The van der Waals surface area contributed by atoms with E-state index in [4.69, 9.17) is 14.2 Å². The maximum atomic E-state index is 10.1. The van der Waals surface area contributed by atoms with Crippen LogP contribution < -0.4 is 14.8 Å². The molecule has 0 heterocycles. The molecule has 0 spiro atoms. The molecular weight excluding hydrogens is 306 g/mol. The van der Waals surface area contributed by atoms with Crippen LogP contribution in [0.1, 0.15) is 38.2 Å². The van der Waals surface area contributed by atoms with Crippen LogP contribution in [0.3, 0.4) is 0 Å². The van der Waals surface area contributed by atoms with Crippen molar-refractivity contribution in [1.29, 1.82) is 0 Å². The molecule has 2 N–H and O–H groups in total. The van der Waals surface area contributed by atoms with Crippen molar-refractivity contribution in [2.45, 2.75) is 51.4 Å². The number of hydrogen-bond acceptors (Lipinski definition) is 5. The van der Waals surface area contributed by atoms with Crippen LogP contribution in [0, 0.1) is 5.92 Å². The zero-order valence-corrected chi connectivity index (χ0v) is 15.1. The maximum absolute atomic E-state index is 10.1. The molecule has 0 amide bonds. The van der Waals surface area contributed by atoms with Gasteiger partial charge in [0.25, 0.3) is 0 Å². The highest BCUT2D eigenvalue weighted by molar-refractivity contribution is 5.42.